The molecule has 0 aliphatic rings. The van der Waals surface area contributed by atoms with E-state index in [0.29, 0.717) is 5.56 Å². The third kappa shape index (κ3) is 5.88. The van der Waals surface area contributed by atoms with Gasteiger partial charge < -0.3 is 5.32 Å². The van der Waals surface area contributed by atoms with Gasteiger partial charge >= 0.3 is 0 Å². The Labute approximate surface area is 122 Å². The summed E-state index contributed by atoms with van der Waals surface area (Å²) >= 11 is 0. The summed E-state index contributed by atoms with van der Waals surface area (Å²) in [6, 6.07) is 5.83. The Morgan fingerprint density at radius 3 is 2.71 bits per heavy atom. The van der Waals surface area contributed by atoms with Gasteiger partial charge in [0.15, 0.2) is 0 Å². The lowest BCUT2D eigenvalue weighted by Gasteiger charge is -2.12. The van der Waals surface area contributed by atoms with Gasteiger partial charge in [-0.2, -0.15) is 0 Å². The molecular weight excluding hydrogens is 298 g/mol. The van der Waals surface area contributed by atoms with Gasteiger partial charge in [-0.1, -0.05) is 12.1 Å². The number of carbonyl (C=O) groups is 1. The molecule has 0 heterocycles. The van der Waals surface area contributed by atoms with Crippen LogP contribution < -0.4 is 10.5 Å². The van der Waals surface area contributed by atoms with E-state index < -0.39 is 20.9 Å². The number of nitrogens with zero attached hydrogens (tertiary/aromatic N) is 1. The highest BCUT2D eigenvalue weighted by molar-refractivity contribution is 7.89. The smallest absolute Gasteiger partial charge is 0.269 e. The number of primary sulfonamides is 1. The highest BCUT2D eigenvalue weighted by Gasteiger charge is 2.17. The van der Waals surface area contributed by atoms with Crippen LogP contribution in [0.25, 0.3) is 0 Å². The van der Waals surface area contributed by atoms with Crippen LogP contribution in [0.4, 0.5) is 5.69 Å². The van der Waals surface area contributed by atoms with Crippen LogP contribution in [0.3, 0.4) is 0 Å². The van der Waals surface area contributed by atoms with Crippen molar-refractivity contribution < 1.29 is 18.1 Å². The second kappa shape index (κ2) is 7.14. The SMILES string of the molecule is CC(C(=O)NCCCS(N)(=O)=O)c1cccc([N+](=O)[O-])c1. The minimum atomic E-state index is -3.54. The Morgan fingerprint density at radius 1 is 1.48 bits per heavy atom. The molecule has 1 atom stereocenters. The molecule has 0 saturated heterocycles. The Bertz CT molecular complexity index is 630. The molecule has 8 nitrogen and oxygen atoms in total. The summed E-state index contributed by atoms with van der Waals surface area (Å²) in [5.41, 5.74) is 0.439. The number of nitrogens with two attached hydrogens (primary N) is 1. The summed E-state index contributed by atoms with van der Waals surface area (Å²) in [7, 11) is -3.54. The highest BCUT2D eigenvalue weighted by atomic mass is 32.2. The van der Waals surface area contributed by atoms with Gasteiger partial charge in [0.2, 0.25) is 15.9 Å². The van der Waals surface area contributed by atoms with Gasteiger partial charge in [0.05, 0.1) is 16.6 Å². The van der Waals surface area contributed by atoms with Crippen molar-refractivity contribution in [2.24, 2.45) is 5.14 Å². The molecule has 1 amide bonds. The van der Waals surface area contributed by atoms with Crippen LogP contribution in [0.5, 0.6) is 0 Å². The maximum Gasteiger partial charge on any atom is 0.269 e. The number of non-ortho nitro benzene ring substituents is 1. The molecule has 1 unspecified atom stereocenters. The number of nitrogens with one attached hydrogen (secondary N) is 1. The van der Waals surface area contributed by atoms with Gasteiger partial charge in [-0.3, -0.25) is 14.9 Å². The Kier molecular flexibility index (Phi) is 5.79. The first-order valence-corrected chi connectivity index (χ1v) is 7.95. The quantitative estimate of drug-likeness (QED) is 0.429. The Morgan fingerprint density at radius 2 is 2.14 bits per heavy atom. The third-order valence-corrected chi connectivity index (χ3v) is 3.74. The lowest BCUT2D eigenvalue weighted by Crippen LogP contribution is -2.30. The zero-order valence-electron chi connectivity index (χ0n) is 11.5. The molecule has 0 radical (unpaired) electrons. The van der Waals surface area contributed by atoms with Crippen molar-refractivity contribution in [3.05, 3.63) is 39.9 Å². The molecule has 9 heteroatoms. The van der Waals surface area contributed by atoms with E-state index in [-0.39, 0.29) is 30.3 Å². The molecule has 1 rings (SSSR count). The van der Waals surface area contributed by atoms with Crippen LogP contribution >= 0.6 is 0 Å². The summed E-state index contributed by atoms with van der Waals surface area (Å²) in [5, 5.41) is 18.1. The Balaban J connectivity index is 2.58. The van der Waals surface area contributed by atoms with Crippen LogP contribution in [0.1, 0.15) is 24.8 Å². The van der Waals surface area contributed by atoms with E-state index in [1.165, 1.54) is 18.2 Å². The minimum Gasteiger partial charge on any atom is -0.356 e. The first-order valence-electron chi connectivity index (χ1n) is 6.23. The zero-order chi connectivity index (χ0) is 16.0. The fourth-order valence-electron chi connectivity index (χ4n) is 1.70. The second-order valence-electron chi connectivity index (χ2n) is 4.59. The summed E-state index contributed by atoms with van der Waals surface area (Å²) in [5.74, 6) is -1.11. The first kappa shape index (κ1) is 17.1. The molecule has 0 aliphatic carbocycles. The zero-order valence-corrected chi connectivity index (χ0v) is 12.3. The molecule has 0 aliphatic heterocycles. The van der Waals surface area contributed by atoms with Crippen LogP contribution in [-0.4, -0.2) is 31.5 Å². The topological polar surface area (TPSA) is 132 Å². The summed E-state index contributed by atoms with van der Waals surface area (Å²) in [6.07, 6.45) is 0.215. The van der Waals surface area contributed by atoms with Gasteiger partial charge in [-0.05, 0) is 18.9 Å². The molecular formula is C12H17N3O5S. The van der Waals surface area contributed by atoms with Crippen molar-refractivity contribution >= 4 is 21.6 Å². The largest absolute Gasteiger partial charge is 0.356 e. The molecule has 3 N–H and O–H groups in total. The number of hydrogen-bond acceptors (Lipinski definition) is 5. The van der Waals surface area contributed by atoms with Crippen molar-refractivity contribution in [3.63, 3.8) is 0 Å². The molecule has 0 bridgehead atoms. The van der Waals surface area contributed by atoms with Gasteiger partial charge in [0.1, 0.15) is 0 Å². The number of rotatable bonds is 7. The van der Waals surface area contributed by atoms with Gasteiger partial charge in [0.25, 0.3) is 5.69 Å². The van der Waals surface area contributed by atoms with Crippen LogP contribution in [0, 0.1) is 10.1 Å². The van der Waals surface area contributed by atoms with Gasteiger partial charge in [-0.15, -0.1) is 0 Å². The van der Waals surface area contributed by atoms with Crippen molar-refractivity contribution in [1.82, 2.24) is 5.32 Å². The second-order valence-corrected chi connectivity index (χ2v) is 6.32. The van der Waals surface area contributed by atoms with Crippen molar-refractivity contribution in [1.29, 1.82) is 0 Å². The van der Waals surface area contributed by atoms with Crippen molar-refractivity contribution in [2.45, 2.75) is 19.3 Å². The summed E-state index contributed by atoms with van der Waals surface area (Å²) in [6.45, 7) is 1.79. The number of nitro benzene ring substituents is 1. The predicted octanol–water partition coefficient (Wildman–Crippen LogP) is 0.493. The molecule has 0 fully saturated rings. The molecule has 0 aromatic heterocycles. The van der Waals surface area contributed by atoms with Crippen molar-refractivity contribution in [3.8, 4) is 0 Å². The van der Waals surface area contributed by atoms with E-state index in [1.54, 1.807) is 13.0 Å². The molecule has 1 aromatic carbocycles. The minimum absolute atomic E-state index is 0.0821. The van der Waals surface area contributed by atoms with E-state index in [0.717, 1.165) is 0 Å². The fraction of sp³-hybridized carbons (Fsp3) is 0.417. The van der Waals surface area contributed by atoms with E-state index in [2.05, 4.69) is 5.32 Å². The number of sulfonamides is 1. The fourth-order valence-corrected chi connectivity index (χ4v) is 2.24. The molecule has 0 saturated carbocycles. The number of amides is 1. The standard InChI is InChI=1S/C12H17N3O5S/c1-9(10-4-2-5-11(8-10)15(17)18)12(16)14-6-3-7-21(13,19)20/h2,4-5,8-9H,3,6-7H2,1H3,(H,14,16)(H2,13,19,20). The average molecular weight is 315 g/mol. The van der Waals surface area contributed by atoms with Crippen LogP contribution in [0.15, 0.2) is 24.3 Å². The number of nitro groups is 1. The monoisotopic (exact) mass is 315 g/mol. The van der Waals surface area contributed by atoms with E-state index in [4.69, 9.17) is 5.14 Å². The summed E-state index contributed by atoms with van der Waals surface area (Å²) < 4.78 is 21.5. The average Bonchev–Trinajstić information content (AvgIpc) is 2.41. The maximum absolute atomic E-state index is 11.9. The first-order chi connectivity index (χ1) is 9.70. The molecule has 1 aromatic rings. The number of carbonyl (C=O) groups excluding carboxylic acids is 1. The molecule has 21 heavy (non-hydrogen) atoms. The normalized spacial score (nSPS) is 12.7. The third-order valence-electron chi connectivity index (χ3n) is 2.88. The Hall–Kier alpha value is -2.00. The molecule has 116 valence electrons. The van der Waals surface area contributed by atoms with Crippen LogP contribution in [-0.2, 0) is 14.8 Å². The van der Waals surface area contributed by atoms with E-state index in [9.17, 15) is 23.3 Å². The lowest BCUT2D eigenvalue weighted by atomic mass is 10.00. The maximum atomic E-state index is 11.9. The van der Waals surface area contributed by atoms with Crippen LogP contribution in [0.2, 0.25) is 0 Å². The highest BCUT2D eigenvalue weighted by Crippen LogP contribution is 2.20. The molecule has 0 spiro atoms. The summed E-state index contributed by atoms with van der Waals surface area (Å²) in [4.78, 5) is 22.0. The number of hydrogen-bond donors (Lipinski definition) is 2. The lowest BCUT2D eigenvalue weighted by molar-refractivity contribution is -0.384. The number of benzene rings is 1. The van der Waals surface area contributed by atoms with Crippen molar-refractivity contribution in [2.75, 3.05) is 12.3 Å². The van der Waals surface area contributed by atoms with E-state index in [1.807, 2.05) is 0 Å². The van der Waals surface area contributed by atoms with E-state index >= 15 is 0 Å². The van der Waals surface area contributed by atoms with Gasteiger partial charge in [0, 0.05) is 18.7 Å². The van der Waals surface area contributed by atoms with Gasteiger partial charge in [-0.25, -0.2) is 13.6 Å². The predicted molar refractivity (Wildman–Crippen MR) is 77.1 cm³/mol.